The molecule has 0 bridgehead atoms. The maximum Gasteiger partial charge on any atom is 0.240 e. The molecule has 1 aromatic carbocycles. The Morgan fingerprint density at radius 1 is 1.30 bits per heavy atom. The number of primary sulfonamides is 1. The highest BCUT2D eigenvalue weighted by Crippen LogP contribution is 2.28. The first-order valence-corrected chi connectivity index (χ1v) is 7.98. The molecule has 1 rings (SSSR count). The minimum Gasteiger partial charge on any atom is -0.325 e. The van der Waals surface area contributed by atoms with E-state index in [4.69, 9.17) is 5.14 Å². The van der Waals surface area contributed by atoms with Gasteiger partial charge in [-0.05, 0) is 23.5 Å². The molecule has 0 heterocycles. The number of rotatable bonds is 4. The number of hydrogen-bond acceptors (Lipinski definition) is 3. The van der Waals surface area contributed by atoms with E-state index >= 15 is 0 Å². The first-order valence-electron chi connectivity index (χ1n) is 6.43. The first kappa shape index (κ1) is 16.7. The standard InChI is InChI=1S/C14H22N2O3S/c1-10(14(2,3)4)9-13(17)16-11-7-5-6-8-12(11)20(15,18)19/h5-8,10H,9H2,1-4H3,(H,16,17)(H2,15,18,19). The zero-order valence-electron chi connectivity index (χ0n) is 12.3. The van der Waals surface area contributed by atoms with Crippen molar-refractivity contribution < 1.29 is 13.2 Å². The van der Waals surface area contributed by atoms with Crippen LogP contribution in [0.25, 0.3) is 0 Å². The van der Waals surface area contributed by atoms with Crippen LogP contribution < -0.4 is 10.5 Å². The average Bonchev–Trinajstić information content (AvgIpc) is 2.26. The molecule has 0 aromatic heterocycles. The van der Waals surface area contributed by atoms with E-state index < -0.39 is 10.0 Å². The van der Waals surface area contributed by atoms with Crippen molar-refractivity contribution in [2.75, 3.05) is 5.32 Å². The van der Waals surface area contributed by atoms with Crippen molar-refractivity contribution in [3.63, 3.8) is 0 Å². The van der Waals surface area contributed by atoms with Crippen molar-refractivity contribution in [3.8, 4) is 0 Å². The Morgan fingerprint density at radius 2 is 1.85 bits per heavy atom. The quantitative estimate of drug-likeness (QED) is 0.894. The fourth-order valence-corrected chi connectivity index (χ4v) is 2.30. The summed E-state index contributed by atoms with van der Waals surface area (Å²) in [7, 11) is -3.85. The second-order valence-corrected chi connectivity index (χ2v) is 7.59. The van der Waals surface area contributed by atoms with Gasteiger partial charge in [-0.3, -0.25) is 4.79 Å². The molecule has 6 heteroatoms. The van der Waals surface area contributed by atoms with Crippen molar-refractivity contribution in [3.05, 3.63) is 24.3 Å². The van der Waals surface area contributed by atoms with Gasteiger partial charge in [0.2, 0.25) is 15.9 Å². The van der Waals surface area contributed by atoms with Gasteiger partial charge in [0.25, 0.3) is 0 Å². The van der Waals surface area contributed by atoms with Gasteiger partial charge in [-0.25, -0.2) is 13.6 Å². The van der Waals surface area contributed by atoms with Gasteiger partial charge in [-0.2, -0.15) is 0 Å². The topological polar surface area (TPSA) is 89.3 Å². The van der Waals surface area contributed by atoms with Gasteiger partial charge in [-0.1, -0.05) is 39.8 Å². The summed E-state index contributed by atoms with van der Waals surface area (Å²) in [6.45, 7) is 8.17. The third kappa shape index (κ3) is 4.61. The molecule has 0 saturated heterocycles. The van der Waals surface area contributed by atoms with Crippen molar-refractivity contribution >= 4 is 21.6 Å². The lowest BCUT2D eigenvalue weighted by Crippen LogP contribution is -2.25. The van der Waals surface area contributed by atoms with E-state index in [-0.39, 0.29) is 27.8 Å². The molecule has 5 nitrogen and oxygen atoms in total. The van der Waals surface area contributed by atoms with Crippen LogP contribution in [-0.4, -0.2) is 14.3 Å². The number of carbonyl (C=O) groups excluding carboxylic acids is 1. The van der Waals surface area contributed by atoms with Crippen LogP contribution in [0.2, 0.25) is 0 Å². The summed E-state index contributed by atoms with van der Waals surface area (Å²) >= 11 is 0. The molecule has 0 spiro atoms. The van der Waals surface area contributed by atoms with E-state index in [0.717, 1.165) is 0 Å². The maximum absolute atomic E-state index is 12.0. The number of nitrogens with two attached hydrogens (primary N) is 1. The minimum absolute atomic E-state index is 0.0107. The first-order chi connectivity index (χ1) is 9.01. The smallest absolute Gasteiger partial charge is 0.240 e. The van der Waals surface area contributed by atoms with Crippen LogP contribution in [0.15, 0.2) is 29.2 Å². The predicted octanol–water partition coefficient (Wildman–Crippen LogP) is 2.34. The van der Waals surface area contributed by atoms with Crippen molar-refractivity contribution in [1.82, 2.24) is 0 Å². The number of anilines is 1. The van der Waals surface area contributed by atoms with Gasteiger partial charge in [0.15, 0.2) is 0 Å². The van der Waals surface area contributed by atoms with Crippen LogP contribution in [0, 0.1) is 11.3 Å². The molecule has 0 aliphatic rings. The van der Waals surface area contributed by atoms with E-state index in [1.54, 1.807) is 12.1 Å². The SMILES string of the molecule is CC(CC(=O)Nc1ccccc1S(N)(=O)=O)C(C)(C)C. The molecular formula is C14H22N2O3S. The molecule has 20 heavy (non-hydrogen) atoms. The molecule has 1 aromatic rings. The van der Waals surface area contributed by atoms with Gasteiger partial charge in [0.05, 0.1) is 5.69 Å². The summed E-state index contributed by atoms with van der Waals surface area (Å²) in [6.07, 6.45) is 0.322. The molecule has 1 atom stereocenters. The lowest BCUT2D eigenvalue weighted by atomic mass is 9.80. The highest BCUT2D eigenvalue weighted by atomic mass is 32.2. The van der Waals surface area contributed by atoms with E-state index in [1.165, 1.54) is 12.1 Å². The summed E-state index contributed by atoms with van der Waals surface area (Å²) < 4.78 is 22.9. The minimum atomic E-state index is -3.85. The normalized spacial score (nSPS) is 13.8. The number of para-hydroxylation sites is 1. The van der Waals surface area contributed by atoms with Gasteiger partial charge in [-0.15, -0.1) is 0 Å². The van der Waals surface area contributed by atoms with Gasteiger partial charge >= 0.3 is 0 Å². The van der Waals surface area contributed by atoms with Crippen molar-refractivity contribution in [2.45, 2.75) is 39.0 Å². The summed E-state index contributed by atoms with van der Waals surface area (Å²) in [5.74, 6) is -0.0485. The van der Waals surface area contributed by atoms with E-state index in [1.807, 2.05) is 6.92 Å². The largest absolute Gasteiger partial charge is 0.325 e. The summed E-state index contributed by atoms with van der Waals surface area (Å²) in [5, 5.41) is 7.75. The Morgan fingerprint density at radius 3 is 2.35 bits per heavy atom. The lowest BCUT2D eigenvalue weighted by molar-refractivity contribution is -0.117. The third-order valence-corrected chi connectivity index (χ3v) is 4.41. The molecule has 3 N–H and O–H groups in total. The van der Waals surface area contributed by atoms with Crippen LogP contribution in [0.1, 0.15) is 34.1 Å². The number of nitrogens with one attached hydrogen (secondary N) is 1. The fraction of sp³-hybridized carbons (Fsp3) is 0.500. The Bertz CT molecular complexity index is 589. The van der Waals surface area contributed by atoms with E-state index in [9.17, 15) is 13.2 Å². The van der Waals surface area contributed by atoms with Crippen molar-refractivity contribution in [1.29, 1.82) is 0 Å². The van der Waals surface area contributed by atoms with Crippen LogP contribution >= 0.6 is 0 Å². The third-order valence-electron chi connectivity index (χ3n) is 3.44. The maximum atomic E-state index is 12.0. The van der Waals surface area contributed by atoms with Crippen LogP contribution in [0.3, 0.4) is 0 Å². The molecule has 0 aliphatic carbocycles. The average molecular weight is 298 g/mol. The molecule has 0 aliphatic heterocycles. The van der Waals surface area contributed by atoms with Crippen LogP contribution in [0.4, 0.5) is 5.69 Å². The van der Waals surface area contributed by atoms with Crippen LogP contribution in [0.5, 0.6) is 0 Å². The van der Waals surface area contributed by atoms with Gasteiger partial charge in [0, 0.05) is 6.42 Å². The highest BCUT2D eigenvalue weighted by Gasteiger charge is 2.23. The Balaban J connectivity index is 2.88. The molecular weight excluding hydrogens is 276 g/mol. The summed E-state index contributed by atoms with van der Waals surface area (Å²) in [4.78, 5) is 11.9. The zero-order valence-corrected chi connectivity index (χ0v) is 13.1. The number of benzene rings is 1. The number of sulfonamides is 1. The Hall–Kier alpha value is -1.40. The zero-order chi connectivity index (χ0) is 15.6. The fourth-order valence-electron chi connectivity index (χ4n) is 1.60. The van der Waals surface area contributed by atoms with Gasteiger partial charge < -0.3 is 5.32 Å². The van der Waals surface area contributed by atoms with Gasteiger partial charge in [0.1, 0.15) is 4.90 Å². The monoisotopic (exact) mass is 298 g/mol. The number of hydrogen-bond donors (Lipinski definition) is 2. The lowest BCUT2D eigenvalue weighted by Gasteiger charge is -2.26. The van der Waals surface area contributed by atoms with E-state index in [2.05, 4.69) is 26.1 Å². The number of carbonyl (C=O) groups is 1. The predicted molar refractivity (Wildman–Crippen MR) is 79.7 cm³/mol. The Kier molecular flexibility index (Phi) is 4.94. The summed E-state index contributed by atoms with van der Waals surface area (Å²) in [5.41, 5.74) is 0.234. The molecule has 112 valence electrons. The molecule has 0 radical (unpaired) electrons. The second-order valence-electron chi connectivity index (χ2n) is 6.06. The molecule has 1 unspecified atom stereocenters. The van der Waals surface area contributed by atoms with Crippen molar-refractivity contribution in [2.24, 2.45) is 16.5 Å². The summed E-state index contributed by atoms with van der Waals surface area (Å²) in [6, 6.07) is 6.11. The number of amides is 1. The molecule has 0 saturated carbocycles. The molecule has 1 amide bonds. The molecule has 0 fully saturated rings. The second kappa shape index (κ2) is 5.93. The van der Waals surface area contributed by atoms with E-state index in [0.29, 0.717) is 6.42 Å². The highest BCUT2D eigenvalue weighted by molar-refractivity contribution is 7.89. The Labute approximate surface area is 120 Å². The van der Waals surface area contributed by atoms with Crippen LogP contribution in [-0.2, 0) is 14.8 Å².